The normalized spacial score (nSPS) is 11.1. The lowest BCUT2D eigenvalue weighted by Crippen LogP contribution is -2.27. The fourth-order valence-corrected chi connectivity index (χ4v) is 2.78. The first kappa shape index (κ1) is 19.7. The van der Waals surface area contributed by atoms with Crippen LogP contribution in [0.3, 0.4) is 0 Å². The summed E-state index contributed by atoms with van der Waals surface area (Å²) in [5, 5.41) is 2.94. The number of carbonyl (C=O) groups excluding carboxylic acids is 1. The van der Waals surface area contributed by atoms with Crippen LogP contribution >= 0.6 is 0 Å². The Morgan fingerprint density at radius 1 is 1.00 bits per heavy atom. The van der Waals surface area contributed by atoms with E-state index in [1.807, 2.05) is 62.5 Å². The standard InChI is InChI=1S/C23H26N4O/c1-15(2)22-25-14-19(20-7-5-6-12-24-20)21(27-22)18-10-8-17(9-11-18)13-26-23(28)16(3)4/h5-12,14-16H,13H2,1-4H3,(H,26,28). The molecule has 0 radical (unpaired) electrons. The molecule has 1 N–H and O–H groups in total. The van der Waals surface area contributed by atoms with Gasteiger partial charge < -0.3 is 5.32 Å². The zero-order valence-corrected chi connectivity index (χ0v) is 16.8. The van der Waals surface area contributed by atoms with Crippen molar-refractivity contribution < 1.29 is 4.79 Å². The molecule has 0 unspecified atom stereocenters. The fraction of sp³-hybridized carbons (Fsp3) is 0.304. The highest BCUT2D eigenvalue weighted by molar-refractivity contribution is 5.79. The number of nitrogens with one attached hydrogen (secondary N) is 1. The molecular formula is C23H26N4O. The second kappa shape index (κ2) is 8.74. The summed E-state index contributed by atoms with van der Waals surface area (Å²) in [6.45, 7) is 8.46. The SMILES string of the molecule is CC(C)C(=O)NCc1ccc(-c2nc(C(C)C)ncc2-c2ccccn2)cc1. The van der Waals surface area contributed by atoms with Gasteiger partial charge in [0, 0.05) is 41.9 Å². The van der Waals surface area contributed by atoms with Gasteiger partial charge in [0.05, 0.1) is 11.4 Å². The molecule has 0 aliphatic heterocycles. The van der Waals surface area contributed by atoms with Gasteiger partial charge in [0.15, 0.2) is 0 Å². The molecule has 0 spiro atoms. The van der Waals surface area contributed by atoms with Crippen LogP contribution in [0.2, 0.25) is 0 Å². The number of aromatic nitrogens is 3. The third-order valence-electron chi connectivity index (χ3n) is 4.48. The Morgan fingerprint density at radius 3 is 2.36 bits per heavy atom. The van der Waals surface area contributed by atoms with Gasteiger partial charge in [0.1, 0.15) is 5.82 Å². The molecule has 0 bridgehead atoms. The van der Waals surface area contributed by atoms with E-state index in [-0.39, 0.29) is 17.7 Å². The first-order valence-corrected chi connectivity index (χ1v) is 9.61. The molecule has 3 rings (SSSR count). The van der Waals surface area contributed by atoms with Crippen LogP contribution in [0.4, 0.5) is 0 Å². The van der Waals surface area contributed by atoms with Gasteiger partial charge in [-0.25, -0.2) is 9.97 Å². The van der Waals surface area contributed by atoms with Crippen molar-refractivity contribution in [1.82, 2.24) is 20.3 Å². The van der Waals surface area contributed by atoms with Crippen molar-refractivity contribution in [3.05, 3.63) is 66.2 Å². The molecule has 0 saturated heterocycles. The van der Waals surface area contributed by atoms with Crippen molar-refractivity contribution in [1.29, 1.82) is 0 Å². The van der Waals surface area contributed by atoms with E-state index in [0.717, 1.165) is 33.9 Å². The fourth-order valence-electron chi connectivity index (χ4n) is 2.78. The summed E-state index contributed by atoms with van der Waals surface area (Å²) in [5.74, 6) is 1.08. The Labute approximate surface area is 166 Å². The van der Waals surface area contributed by atoms with Gasteiger partial charge in [0.2, 0.25) is 5.91 Å². The second-order valence-electron chi connectivity index (χ2n) is 7.43. The highest BCUT2D eigenvalue weighted by Crippen LogP contribution is 2.30. The predicted molar refractivity (Wildman–Crippen MR) is 111 cm³/mol. The predicted octanol–water partition coefficient (Wildman–Crippen LogP) is 4.60. The summed E-state index contributed by atoms with van der Waals surface area (Å²) in [4.78, 5) is 25.6. The van der Waals surface area contributed by atoms with Crippen molar-refractivity contribution in [3.63, 3.8) is 0 Å². The average molecular weight is 374 g/mol. The maximum Gasteiger partial charge on any atom is 0.222 e. The Bertz CT molecular complexity index is 935. The summed E-state index contributed by atoms with van der Waals surface area (Å²) in [6.07, 6.45) is 3.63. The third-order valence-corrected chi connectivity index (χ3v) is 4.48. The van der Waals surface area contributed by atoms with E-state index >= 15 is 0 Å². The van der Waals surface area contributed by atoms with Crippen LogP contribution in [0.15, 0.2) is 54.9 Å². The molecule has 0 aliphatic carbocycles. The number of pyridine rings is 1. The zero-order valence-electron chi connectivity index (χ0n) is 16.8. The number of nitrogens with zero attached hydrogens (tertiary/aromatic N) is 3. The number of amides is 1. The number of benzene rings is 1. The molecule has 28 heavy (non-hydrogen) atoms. The van der Waals surface area contributed by atoms with E-state index in [0.29, 0.717) is 6.54 Å². The van der Waals surface area contributed by atoms with E-state index in [1.165, 1.54) is 0 Å². The highest BCUT2D eigenvalue weighted by Gasteiger charge is 2.14. The minimum Gasteiger partial charge on any atom is -0.352 e. The number of hydrogen-bond acceptors (Lipinski definition) is 4. The maximum atomic E-state index is 11.8. The maximum absolute atomic E-state index is 11.8. The average Bonchev–Trinajstić information content (AvgIpc) is 2.72. The molecule has 0 aliphatic rings. The first-order chi connectivity index (χ1) is 13.5. The van der Waals surface area contributed by atoms with Crippen LogP contribution in [0.25, 0.3) is 22.5 Å². The molecule has 2 heterocycles. The topological polar surface area (TPSA) is 67.8 Å². The van der Waals surface area contributed by atoms with E-state index in [9.17, 15) is 4.79 Å². The molecule has 144 valence electrons. The lowest BCUT2D eigenvalue weighted by atomic mass is 10.0. The van der Waals surface area contributed by atoms with Gasteiger partial charge in [-0.2, -0.15) is 0 Å². The molecule has 0 atom stereocenters. The second-order valence-corrected chi connectivity index (χ2v) is 7.43. The summed E-state index contributed by atoms with van der Waals surface area (Å²) < 4.78 is 0. The molecule has 1 aromatic carbocycles. The summed E-state index contributed by atoms with van der Waals surface area (Å²) in [6, 6.07) is 13.9. The summed E-state index contributed by atoms with van der Waals surface area (Å²) in [7, 11) is 0. The zero-order chi connectivity index (χ0) is 20.1. The van der Waals surface area contributed by atoms with Crippen LogP contribution < -0.4 is 5.32 Å². The van der Waals surface area contributed by atoms with Crippen LogP contribution in [-0.4, -0.2) is 20.9 Å². The van der Waals surface area contributed by atoms with Crippen molar-refractivity contribution >= 4 is 5.91 Å². The molecule has 0 fully saturated rings. The van der Waals surface area contributed by atoms with Crippen LogP contribution in [-0.2, 0) is 11.3 Å². The lowest BCUT2D eigenvalue weighted by molar-refractivity contribution is -0.124. The van der Waals surface area contributed by atoms with Crippen LogP contribution in [0.5, 0.6) is 0 Å². The Morgan fingerprint density at radius 2 is 1.75 bits per heavy atom. The molecule has 3 aromatic rings. The Hall–Kier alpha value is -3.08. The van der Waals surface area contributed by atoms with Crippen molar-refractivity contribution in [2.24, 2.45) is 5.92 Å². The molecule has 2 aromatic heterocycles. The van der Waals surface area contributed by atoms with Gasteiger partial charge in [-0.05, 0) is 17.7 Å². The lowest BCUT2D eigenvalue weighted by Gasteiger charge is -2.13. The smallest absolute Gasteiger partial charge is 0.222 e. The van der Waals surface area contributed by atoms with E-state index in [4.69, 9.17) is 4.98 Å². The van der Waals surface area contributed by atoms with Crippen LogP contribution in [0, 0.1) is 5.92 Å². The van der Waals surface area contributed by atoms with Gasteiger partial charge in [-0.1, -0.05) is 58.0 Å². The monoisotopic (exact) mass is 374 g/mol. The largest absolute Gasteiger partial charge is 0.352 e. The quantitative estimate of drug-likeness (QED) is 0.685. The summed E-state index contributed by atoms with van der Waals surface area (Å²) in [5.41, 5.74) is 4.68. The Balaban J connectivity index is 1.93. The third kappa shape index (κ3) is 4.60. The minimum atomic E-state index is -0.0179. The minimum absolute atomic E-state index is 0.0179. The number of hydrogen-bond donors (Lipinski definition) is 1. The molecular weight excluding hydrogens is 348 g/mol. The molecule has 1 amide bonds. The van der Waals surface area contributed by atoms with E-state index in [2.05, 4.69) is 29.1 Å². The van der Waals surface area contributed by atoms with Gasteiger partial charge >= 0.3 is 0 Å². The van der Waals surface area contributed by atoms with Gasteiger partial charge in [0.25, 0.3) is 0 Å². The number of rotatable bonds is 6. The van der Waals surface area contributed by atoms with Crippen molar-refractivity contribution in [2.45, 2.75) is 40.2 Å². The first-order valence-electron chi connectivity index (χ1n) is 9.61. The number of carbonyl (C=O) groups is 1. The van der Waals surface area contributed by atoms with Crippen LogP contribution in [0.1, 0.15) is 45.0 Å². The van der Waals surface area contributed by atoms with Crippen molar-refractivity contribution in [2.75, 3.05) is 0 Å². The highest BCUT2D eigenvalue weighted by atomic mass is 16.1. The Kier molecular flexibility index (Phi) is 6.14. The van der Waals surface area contributed by atoms with E-state index in [1.54, 1.807) is 6.20 Å². The van der Waals surface area contributed by atoms with Crippen molar-refractivity contribution in [3.8, 4) is 22.5 Å². The van der Waals surface area contributed by atoms with Gasteiger partial charge in [-0.3, -0.25) is 9.78 Å². The van der Waals surface area contributed by atoms with Gasteiger partial charge in [-0.15, -0.1) is 0 Å². The summed E-state index contributed by atoms with van der Waals surface area (Å²) >= 11 is 0. The molecule has 5 heteroatoms. The molecule has 5 nitrogen and oxygen atoms in total. The molecule has 0 saturated carbocycles. The van der Waals surface area contributed by atoms with E-state index < -0.39 is 0 Å².